The van der Waals surface area contributed by atoms with Gasteiger partial charge in [-0.1, -0.05) is 6.92 Å². The second-order valence-electron chi connectivity index (χ2n) is 5.07. The van der Waals surface area contributed by atoms with Gasteiger partial charge in [-0.05, 0) is 53.3 Å². The third-order valence-electron chi connectivity index (χ3n) is 3.38. The molecule has 0 radical (unpaired) electrons. The number of aliphatic hydroxyl groups is 2. The van der Waals surface area contributed by atoms with E-state index < -0.39 is 24.1 Å². The summed E-state index contributed by atoms with van der Waals surface area (Å²) in [6.45, 7) is 1.72. The van der Waals surface area contributed by atoms with Gasteiger partial charge in [-0.3, -0.25) is 9.78 Å². The van der Waals surface area contributed by atoms with E-state index in [9.17, 15) is 19.4 Å². The second kappa shape index (κ2) is 8.36. The van der Waals surface area contributed by atoms with E-state index in [0.29, 0.717) is 12.1 Å². The lowest BCUT2D eigenvalue weighted by Gasteiger charge is -2.19. The van der Waals surface area contributed by atoms with Gasteiger partial charge in [0.05, 0.1) is 29.2 Å². The minimum Gasteiger partial charge on any atom is -0.366 e. The van der Waals surface area contributed by atoms with Gasteiger partial charge in [0.1, 0.15) is 5.82 Å². The Balaban J connectivity index is 2.25. The highest BCUT2D eigenvalue weighted by Gasteiger charge is 2.20. The van der Waals surface area contributed by atoms with Crippen LogP contribution >= 0.6 is 22.6 Å². The van der Waals surface area contributed by atoms with Gasteiger partial charge in [0.2, 0.25) is 0 Å². The second-order valence-corrected chi connectivity index (χ2v) is 6.32. The monoisotopic (exact) mass is 445 g/mol. The number of hydrogen-bond acceptors (Lipinski definition) is 5. The normalized spacial score (nSPS) is 12.1. The lowest BCUT2D eigenvalue weighted by Crippen LogP contribution is -2.43. The maximum atomic E-state index is 14.0. The number of nitrogens with zero attached hydrogens (tertiary/aromatic N) is 1. The Morgan fingerprint density at radius 3 is 2.71 bits per heavy atom. The fourth-order valence-electron chi connectivity index (χ4n) is 2.06. The number of anilines is 2. The fraction of sp³-hybridized carbons (Fsp3) is 0.250. The van der Waals surface area contributed by atoms with E-state index >= 15 is 0 Å². The van der Waals surface area contributed by atoms with Crippen molar-refractivity contribution in [3.63, 3.8) is 0 Å². The Labute approximate surface area is 152 Å². The molecule has 2 aromatic rings. The Hall–Kier alpha value is -1.78. The first-order valence-corrected chi connectivity index (χ1v) is 8.33. The minimum absolute atomic E-state index is 0.215. The molecule has 24 heavy (non-hydrogen) atoms. The molecule has 1 heterocycles. The van der Waals surface area contributed by atoms with Gasteiger partial charge < -0.3 is 20.8 Å². The van der Waals surface area contributed by atoms with Crippen LogP contribution in [0.5, 0.6) is 0 Å². The molecular formula is C16H17FIN3O3. The van der Waals surface area contributed by atoms with Gasteiger partial charge >= 0.3 is 0 Å². The predicted molar refractivity (Wildman–Crippen MR) is 96.4 cm³/mol. The molecule has 8 heteroatoms. The van der Waals surface area contributed by atoms with Gasteiger partial charge in [0.15, 0.2) is 6.29 Å². The van der Waals surface area contributed by atoms with E-state index in [-0.39, 0.29) is 11.3 Å². The van der Waals surface area contributed by atoms with Crippen molar-refractivity contribution in [2.75, 3.05) is 5.32 Å². The van der Waals surface area contributed by atoms with E-state index in [1.807, 2.05) is 22.6 Å². The van der Waals surface area contributed by atoms with Crippen LogP contribution in [-0.2, 0) is 0 Å². The zero-order chi connectivity index (χ0) is 17.7. The van der Waals surface area contributed by atoms with Crippen LogP contribution in [-0.4, -0.2) is 33.4 Å². The number of carbonyl (C=O) groups is 1. The molecule has 0 aliphatic carbocycles. The van der Waals surface area contributed by atoms with Gasteiger partial charge in [0.25, 0.3) is 5.91 Å². The largest absolute Gasteiger partial charge is 0.366 e. The van der Waals surface area contributed by atoms with Crippen LogP contribution in [0.3, 0.4) is 0 Å². The summed E-state index contributed by atoms with van der Waals surface area (Å²) in [6, 6.07) is 5.34. The molecule has 1 amide bonds. The Morgan fingerprint density at radius 1 is 1.33 bits per heavy atom. The van der Waals surface area contributed by atoms with E-state index in [2.05, 4.69) is 15.6 Å². The molecule has 0 fully saturated rings. The van der Waals surface area contributed by atoms with Crippen molar-refractivity contribution in [3.8, 4) is 0 Å². The highest BCUT2D eigenvalue weighted by Crippen LogP contribution is 2.24. The Kier molecular flexibility index (Phi) is 6.46. The third kappa shape index (κ3) is 4.62. The van der Waals surface area contributed by atoms with Crippen molar-refractivity contribution in [2.45, 2.75) is 25.7 Å². The highest BCUT2D eigenvalue weighted by molar-refractivity contribution is 14.1. The lowest BCUT2D eigenvalue weighted by molar-refractivity contribution is -0.0656. The predicted octanol–water partition coefficient (Wildman–Crippen LogP) is 2.39. The first-order valence-electron chi connectivity index (χ1n) is 7.25. The molecule has 128 valence electrons. The maximum absolute atomic E-state index is 14.0. The molecule has 1 atom stereocenters. The number of pyridine rings is 1. The molecule has 1 aromatic heterocycles. The van der Waals surface area contributed by atoms with E-state index in [0.717, 1.165) is 3.57 Å². The highest BCUT2D eigenvalue weighted by atomic mass is 127. The zero-order valence-electron chi connectivity index (χ0n) is 12.8. The summed E-state index contributed by atoms with van der Waals surface area (Å²) in [7, 11) is 0. The van der Waals surface area contributed by atoms with Crippen molar-refractivity contribution < 1.29 is 19.4 Å². The van der Waals surface area contributed by atoms with Crippen molar-refractivity contribution >= 4 is 39.9 Å². The van der Waals surface area contributed by atoms with Crippen molar-refractivity contribution in [1.29, 1.82) is 0 Å². The number of nitrogens with one attached hydrogen (secondary N) is 2. The molecule has 0 bridgehead atoms. The molecule has 0 spiro atoms. The summed E-state index contributed by atoms with van der Waals surface area (Å²) in [5.41, 5.74) is 0.756. The first kappa shape index (κ1) is 18.6. The number of aromatic nitrogens is 1. The molecule has 0 saturated heterocycles. The van der Waals surface area contributed by atoms with Crippen molar-refractivity contribution in [1.82, 2.24) is 10.3 Å². The molecule has 0 aliphatic rings. The molecule has 1 unspecified atom stereocenters. The van der Waals surface area contributed by atoms with Gasteiger partial charge in [0, 0.05) is 9.77 Å². The van der Waals surface area contributed by atoms with Crippen LogP contribution < -0.4 is 10.6 Å². The molecule has 2 rings (SSSR count). The smallest absolute Gasteiger partial charge is 0.253 e. The Bertz CT molecular complexity index is 727. The molecule has 4 N–H and O–H groups in total. The van der Waals surface area contributed by atoms with Gasteiger partial charge in [-0.25, -0.2) is 4.39 Å². The van der Waals surface area contributed by atoms with E-state index in [1.54, 1.807) is 19.1 Å². The average molecular weight is 445 g/mol. The standard InChI is InChI=1S/C16H17FIN3O3/c1-2-12(16(23)24)21-15(22)10-5-6-19-8-14(10)20-13-4-3-9(18)7-11(13)17/h3-8,12,16,20,23-24H,2H2,1H3,(H,21,22). The number of carbonyl (C=O) groups excluding carboxylic acids is 1. The van der Waals surface area contributed by atoms with E-state index in [4.69, 9.17) is 0 Å². The van der Waals surface area contributed by atoms with Crippen LogP contribution in [0.4, 0.5) is 15.8 Å². The number of amides is 1. The quantitative estimate of drug-likeness (QED) is 0.405. The van der Waals surface area contributed by atoms with Crippen LogP contribution in [0, 0.1) is 9.39 Å². The summed E-state index contributed by atoms with van der Waals surface area (Å²) in [5, 5.41) is 23.8. The van der Waals surface area contributed by atoms with Crippen LogP contribution in [0.1, 0.15) is 23.7 Å². The van der Waals surface area contributed by atoms with Gasteiger partial charge in [-0.15, -0.1) is 0 Å². The number of aliphatic hydroxyl groups excluding tert-OH is 1. The first-order chi connectivity index (χ1) is 11.4. The number of benzene rings is 1. The number of hydrogen-bond donors (Lipinski definition) is 4. The molecule has 1 aromatic carbocycles. The van der Waals surface area contributed by atoms with Gasteiger partial charge in [-0.2, -0.15) is 0 Å². The zero-order valence-corrected chi connectivity index (χ0v) is 15.0. The fourth-order valence-corrected chi connectivity index (χ4v) is 2.51. The SMILES string of the molecule is CCC(NC(=O)c1ccncc1Nc1ccc(I)cc1F)C(O)O. The van der Waals surface area contributed by atoms with Crippen molar-refractivity contribution in [2.24, 2.45) is 0 Å². The van der Waals surface area contributed by atoms with Crippen molar-refractivity contribution in [3.05, 3.63) is 51.6 Å². The molecule has 6 nitrogen and oxygen atoms in total. The summed E-state index contributed by atoms with van der Waals surface area (Å²) in [4.78, 5) is 16.3. The minimum atomic E-state index is -1.66. The van der Waals surface area contributed by atoms with Crippen LogP contribution in [0.25, 0.3) is 0 Å². The topological polar surface area (TPSA) is 94.5 Å². The molecule has 0 aliphatic heterocycles. The van der Waals surface area contributed by atoms with Crippen LogP contribution in [0.15, 0.2) is 36.7 Å². The third-order valence-corrected chi connectivity index (χ3v) is 4.05. The summed E-state index contributed by atoms with van der Waals surface area (Å²) < 4.78 is 14.7. The Morgan fingerprint density at radius 2 is 2.08 bits per heavy atom. The van der Waals surface area contributed by atoms with E-state index in [1.165, 1.54) is 24.5 Å². The summed E-state index contributed by atoms with van der Waals surface area (Å²) in [6.07, 6.45) is 1.53. The van der Waals surface area contributed by atoms with Crippen LogP contribution in [0.2, 0.25) is 0 Å². The maximum Gasteiger partial charge on any atom is 0.253 e. The number of halogens is 2. The lowest BCUT2D eigenvalue weighted by atomic mass is 10.1. The number of rotatable bonds is 6. The molecule has 0 saturated carbocycles. The average Bonchev–Trinajstić information content (AvgIpc) is 2.55. The molecular weight excluding hydrogens is 428 g/mol. The summed E-state index contributed by atoms with van der Waals surface area (Å²) in [5.74, 6) is -0.958. The summed E-state index contributed by atoms with van der Waals surface area (Å²) >= 11 is 2.00.